The Morgan fingerprint density at radius 2 is 1.22 bits per heavy atom. The van der Waals surface area contributed by atoms with Crippen molar-refractivity contribution >= 4 is 53.6 Å². The summed E-state index contributed by atoms with van der Waals surface area (Å²) in [7, 11) is 1.80. The summed E-state index contributed by atoms with van der Waals surface area (Å²) in [6.45, 7) is 5.33. The summed E-state index contributed by atoms with van der Waals surface area (Å²) in [5.41, 5.74) is 0.596. The van der Waals surface area contributed by atoms with E-state index in [1.165, 1.54) is 0 Å². The van der Waals surface area contributed by atoms with E-state index >= 15 is 0 Å². The minimum atomic E-state index is -2.95. The Morgan fingerprint density at radius 1 is 0.677 bits per heavy atom. The molecule has 0 radical (unpaired) electrons. The van der Waals surface area contributed by atoms with Crippen molar-refractivity contribution in [3.05, 3.63) is 35.9 Å². The number of hydrogen-bond acceptors (Lipinski definition) is 22. The molecule has 362 valence electrons. The minimum Gasteiger partial charge on any atom is -0.465 e. The maximum atomic E-state index is 14.3. The highest BCUT2D eigenvalue weighted by Crippen LogP contribution is 2.40. The Labute approximate surface area is 373 Å². The first-order valence-corrected chi connectivity index (χ1v) is 20.0. The van der Waals surface area contributed by atoms with Crippen molar-refractivity contribution in [2.24, 2.45) is 0 Å². The quantitative estimate of drug-likeness (QED) is 0.0859. The van der Waals surface area contributed by atoms with Crippen LogP contribution in [0.4, 0.5) is 0 Å². The standard InChI is InChI=1S/C41H56N2O22/c1-20(44)42-32-28(59-23(4)47)15-40(54,38(52)55-8)64-36(32)34(51)30(18-57-17-27-13-11-10-12-14-27)63-41(39(53)56-9)16-29(60-24(5)48)33(43-21(2)45)37(65-41)35(62-26(7)50)31(61-25(6)49)19-58-22(3)46/h10-14,28-37,51,54H,15-19H2,1-9H3,(H,42,44)(H,43,45)/t28-,29-,30+,31+,32+,33+,34+,35+,36+,37+,40-,41-/m0/s1. The second kappa shape index (κ2) is 23.9. The van der Waals surface area contributed by atoms with Gasteiger partial charge in [-0.2, -0.15) is 0 Å². The third-order valence-corrected chi connectivity index (χ3v) is 9.70. The molecule has 2 saturated heterocycles. The number of nitrogens with one attached hydrogen (secondary N) is 2. The van der Waals surface area contributed by atoms with Crippen molar-refractivity contribution in [1.29, 1.82) is 0 Å². The van der Waals surface area contributed by atoms with Crippen LogP contribution in [0, 0.1) is 0 Å². The van der Waals surface area contributed by atoms with Gasteiger partial charge >= 0.3 is 41.8 Å². The second-order valence-corrected chi connectivity index (χ2v) is 15.0. The Balaban J connectivity index is 2.37. The van der Waals surface area contributed by atoms with Gasteiger partial charge in [-0.1, -0.05) is 30.3 Å². The average Bonchev–Trinajstić information content (AvgIpc) is 3.21. The molecule has 2 amide bonds. The van der Waals surface area contributed by atoms with Gasteiger partial charge in [0.15, 0.2) is 12.2 Å². The number of ether oxygens (including phenoxy) is 11. The van der Waals surface area contributed by atoms with Crippen LogP contribution in [-0.2, 0) is 102 Å². The Bertz CT molecular complexity index is 1880. The van der Waals surface area contributed by atoms with E-state index in [-0.39, 0.29) is 6.61 Å². The highest BCUT2D eigenvalue weighted by Gasteiger charge is 2.62. The van der Waals surface area contributed by atoms with E-state index in [0.29, 0.717) is 5.56 Å². The fraction of sp³-hybridized carbons (Fsp3) is 0.634. The molecule has 0 spiro atoms. The third-order valence-electron chi connectivity index (χ3n) is 9.70. The fourth-order valence-electron chi connectivity index (χ4n) is 7.31. The van der Waals surface area contributed by atoms with Gasteiger partial charge in [0.1, 0.15) is 43.2 Å². The molecular weight excluding hydrogens is 872 g/mol. The number of rotatable bonds is 20. The minimum absolute atomic E-state index is 0.180. The van der Waals surface area contributed by atoms with Crippen LogP contribution in [0.3, 0.4) is 0 Å². The van der Waals surface area contributed by atoms with E-state index in [1.807, 2.05) is 0 Å². The first-order valence-electron chi connectivity index (χ1n) is 20.0. The number of aliphatic hydroxyl groups excluding tert-OH is 1. The maximum absolute atomic E-state index is 14.3. The van der Waals surface area contributed by atoms with Gasteiger partial charge in [0.2, 0.25) is 11.8 Å². The average molecular weight is 929 g/mol. The summed E-state index contributed by atoms with van der Waals surface area (Å²) < 4.78 is 61.6. The molecule has 1 aromatic rings. The molecule has 1 aromatic carbocycles. The molecule has 0 saturated carbocycles. The molecule has 24 heteroatoms. The summed E-state index contributed by atoms with van der Waals surface area (Å²) in [4.78, 5) is 115. The zero-order valence-electron chi connectivity index (χ0n) is 37.3. The fourth-order valence-corrected chi connectivity index (χ4v) is 7.31. The van der Waals surface area contributed by atoms with E-state index < -0.39 is 152 Å². The van der Waals surface area contributed by atoms with Crippen LogP contribution in [0.1, 0.15) is 66.9 Å². The molecule has 24 nitrogen and oxygen atoms in total. The lowest BCUT2D eigenvalue weighted by Crippen LogP contribution is -2.71. The van der Waals surface area contributed by atoms with Crippen molar-refractivity contribution in [1.82, 2.24) is 10.6 Å². The molecule has 0 bridgehead atoms. The molecule has 0 aliphatic carbocycles. The van der Waals surface area contributed by atoms with Crippen LogP contribution in [0.2, 0.25) is 0 Å². The zero-order chi connectivity index (χ0) is 48.8. The summed E-state index contributed by atoms with van der Waals surface area (Å²) in [6.07, 6.45) is -16.9. The van der Waals surface area contributed by atoms with Crippen LogP contribution in [0.5, 0.6) is 0 Å². The van der Waals surface area contributed by atoms with Crippen molar-refractivity contribution < 1.29 is 105 Å². The topological polar surface area (TPSA) is 320 Å². The number of hydrogen-bond donors (Lipinski definition) is 4. The lowest BCUT2D eigenvalue weighted by atomic mass is 9.87. The van der Waals surface area contributed by atoms with Gasteiger partial charge in [0.25, 0.3) is 11.6 Å². The molecular formula is C41H56N2O22. The van der Waals surface area contributed by atoms with Crippen LogP contribution in [0.25, 0.3) is 0 Å². The molecule has 3 rings (SSSR count). The Hall–Kier alpha value is -5.79. The van der Waals surface area contributed by atoms with E-state index in [1.54, 1.807) is 30.3 Å². The Morgan fingerprint density at radius 3 is 1.71 bits per heavy atom. The predicted octanol–water partition coefficient (Wildman–Crippen LogP) is -1.44. The highest BCUT2D eigenvalue weighted by molar-refractivity contribution is 5.79. The monoisotopic (exact) mass is 928 g/mol. The first kappa shape index (κ1) is 53.5. The summed E-state index contributed by atoms with van der Waals surface area (Å²) >= 11 is 0. The van der Waals surface area contributed by atoms with Gasteiger partial charge in [-0.05, 0) is 5.56 Å². The summed E-state index contributed by atoms with van der Waals surface area (Å²) in [6, 6.07) is 5.32. The molecule has 2 aliphatic heterocycles. The number of esters is 7. The van der Waals surface area contributed by atoms with E-state index in [9.17, 15) is 53.4 Å². The predicted molar refractivity (Wildman–Crippen MR) is 212 cm³/mol. The van der Waals surface area contributed by atoms with Crippen LogP contribution in [0.15, 0.2) is 30.3 Å². The first-order chi connectivity index (χ1) is 30.4. The molecule has 12 atom stereocenters. The van der Waals surface area contributed by atoms with Gasteiger partial charge in [-0.15, -0.1) is 0 Å². The van der Waals surface area contributed by atoms with Crippen molar-refractivity contribution in [2.45, 2.75) is 140 Å². The van der Waals surface area contributed by atoms with Gasteiger partial charge in [-0.25, -0.2) is 9.59 Å². The van der Waals surface area contributed by atoms with Crippen LogP contribution in [-0.4, -0.2) is 164 Å². The van der Waals surface area contributed by atoms with Crippen molar-refractivity contribution in [3.63, 3.8) is 0 Å². The number of aliphatic hydroxyl groups is 2. The largest absolute Gasteiger partial charge is 0.465 e. The number of benzene rings is 1. The summed E-state index contributed by atoms with van der Waals surface area (Å²) in [5.74, 6) is -15.1. The van der Waals surface area contributed by atoms with Crippen LogP contribution >= 0.6 is 0 Å². The smallest absolute Gasteiger partial charge is 0.366 e. The molecule has 2 heterocycles. The lowest BCUT2D eigenvalue weighted by molar-refractivity contribution is -0.345. The van der Waals surface area contributed by atoms with E-state index in [4.69, 9.17) is 52.1 Å². The number of carbonyl (C=O) groups is 9. The molecule has 2 aliphatic rings. The van der Waals surface area contributed by atoms with Gasteiger partial charge in [0, 0.05) is 48.5 Å². The number of methoxy groups -OCH3 is 2. The second-order valence-electron chi connectivity index (χ2n) is 15.0. The molecule has 65 heavy (non-hydrogen) atoms. The summed E-state index contributed by atoms with van der Waals surface area (Å²) in [5, 5.41) is 28.9. The number of carbonyl (C=O) groups excluding carboxylic acids is 9. The SMILES string of the molecule is COC(=O)[C@]1(O[C@H](COCc2ccccc2)[C@@H](O)[C@@H]2O[C@](O)(C(=O)OC)C[C@H](OC(C)=O)[C@H]2NC(C)=O)C[C@H](OC(C)=O)[C@@H](NC(C)=O)[C@H]([C@H](OC(C)=O)[C@@H](COC(C)=O)OC(C)=O)O1. The van der Waals surface area contributed by atoms with Crippen LogP contribution < -0.4 is 10.6 Å². The van der Waals surface area contributed by atoms with E-state index in [2.05, 4.69) is 10.6 Å². The maximum Gasteiger partial charge on any atom is 0.366 e. The Kier molecular flexibility index (Phi) is 19.7. The normalized spacial score (nSPS) is 26.9. The zero-order valence-corrected chi connectivity index (χ0v) is 37.3. The van der Waals surface area contributed by atoms with Gasteiger partial charge < -0.3 is 73.0 Å². The molecule has 0 unspecified atom stereocenters. The molecule has 0 aromatic heterocycles. The third kappa shape index (κ3) is 15.1. The number of amides is 2. The van der Waals surface area contributed by atoms with Gasteiger partial charge in [-0.3, -0.25) is 33.6 Å². The van der Waals surface area contributed by atoms with E-state index in [0.717, 1.165) is 62.7 Å². The van der Waals surface area contributed by atoms with Gasteiger partial charge in [0.05, 0.1) is 52.4 Å². The molecule has 2 fully saturated rings. The van der Waals surface area contributed by atoms with Crippen molar-refractivity contribution in [2.75, 3.05) is 27.4 Å². The van der Waals surface area contributed by atoms with Crippen molar-refractivity contribution in [3.8, 4) is 0 Å². The molecule has 4 N–H and O–H groups in total. The lowest BCUT2D eigenvalue weighted by Gasteiger charge is -2.50. The highest BCUT2D eigenvalue weighted by atomic mass is 16.8.